The van der Waals surface area contributed by atoms with E-state index < -0.39 is 0 Å². The Labute approximate surface area is 220 Å². The van der Waals surface area contributed by atoms with Crippen LogP contribution in [-0.2, 0) is 4.79 Å². The third-order valence-electron chi connectivity index (χ3n) is 6.70. The number of rotatable bonds is 5. The van der Waals surface area contributed by atoms with Gasteiger partial charge in [0.2, 0.25) is 0 Å². The van der Waals surface area contributed by atoms with Gasteiger partial charge >= 0.3 is 0 Å². The molecule has 2 fully saturated rings. The molecular formula is C27H29N5O2S2. The number of methoxy groups -OCH3 is 1. The number of benzene rings is 2. The summed E-state index contributed by atoms with van der Waals surface area (Å²) >= 11 is 3.05. The minimum atomic E-state index is 0.0150. The molecule has 1 saturated carbocycles. The zero-order valence-corrected chi connectivity index (χ0v) is 22.3. The van der Waals surface area contributed by atoms with Crippen molar-refractivity contribution in [3.05, 3.63) is 51.9 Å². The van der Waals surface area contributed by atoms with Gasteiger partial charge in [0.25, 0.3) is 5.91 Å². The van der Waals surface area contributed by atoms with Crippen LogP contribution in [0, 0.1) is 11.3 Å². The molecule has 1 N–H and O–H groups in total. The fraction of sp³-hybridized carbons (Fsp3) is 0.370. The Bertz CT molecular complexity index is 1290. The molecule has 36 heavy (non-hydrogen) atoms. The van der Waals surface area contributed by atoms with Gasteiger partial charge in [0, 0.05) is 30.6 Å². The van der Waals surface area contributed by atoms with Crippen molar-refractivity contribution in [3.63, 3.8) is 0 Å². The van der Waals surface area contributed by atoms with E-state index in [0.717, 1.165) is 59.3 Å². The van der Waals surface area contributed by atoms with Crippen molar-refractivity contribution in [2.45, 2.75) is 50.0 Å². The van der Waals surface area contributed by atoms with Crippen LogP contribution in [0.3, 0.4) is 0 Å². The number of hydrogen-bond donors (Lipinski definition) is 1. The predicted molar refractivity (Wildman–Crippen MR) is 148 cm³/mol. The molecule has 7 nitrogen and oxygen atoms in total. The van der Waals surface area contributed by atoms with E-state index in [1.165, 1.54) is 18.2 Å². The quantitative estimate of drug-likeness (QED) is 0.464. The normalized spacial score (nSPS) is 21.2. The molecule has 2 heterocycles. The standard InChI is InChI=1S/C27H29N5O2S2/c1-4-29-20-12-10-17(16-28)14-21(20)30-27-32(18-8-6-5-7-9-18)25(33)24(36-27)26-31(2)22-15-19(34-3)11-13-23(22)35-26/h10-15,18,29H,4-9H2,1-3H3. The molecule has 3 aliphatic rings. The highest BCUT2D eigenvalue weighted by atomic mass is 32.2. The molecule has 5 rings (SSSR count). The summed E-state index contributed by atoms with van der Waals surface area (Å²) in [6, 6.07) is 13.8. The molecule has 0 atom stereocenters. The van der Waals surface area contributed by atoms with Crippen LogP contribution in [0.5, 0.6) is 5.75 Å². The van der Waals surface area contributed by atoms with Crippen LogP contribution in [0.25, 0.3) is 0 Å². The van der Waals surface area contributed by atoms with Crippen LogP contribution >= 0.6 is 23.5 Å². The van der Waals surface area contributed by atoms with Gasteiger partial charge in [-0.3, -0.25) is 9.69 Å². The molecule has 2 aromatic carbocycles. The minimum Gasteiger partial charge on any atom is -0.497 e. The van der Waals surface area contributed by atoms with E-state index in [0.29, 0.717) is 21.3 Å². The topological polar surface area (TPSA) is 81.0 Å². The third-order valence-corrected chi connectivity index (χ3v) is 9.10. The second-order valence-corrected chi connectivity index (χ2v) is 11.0. The zero-order valence-electron chi connectivity index (χ0n) is 20.7. The van der Waals surface area contributed by atoms with Crippen molar-refractivity contribution < 1.29 is 9.53 Å². The van der Waals surface area contributed by atoms with Gasteiger partial charge in [-0.25, -0.2) is 4.99 Å². The lowest BCUT2D eigenvalue weighted by Gasteiger charge is -2.30. The summed E-state index contributed by atoms with van der Waals surface area (Å²) in [5, 5.41) is 14.4. The Hall–Kier alpha value is -3.09. The second-order valence-electron chi connectivity index (χ2n) is 8.97. The Morgan fingerprint density at radius 1 is 1.17 bits per heavy atom. The monoisotopic (exact) mass is 519 g/mol. The highest BCUT2D eigenvalue weighted by Gasteiger charge is 2.42. The number of amidine groups is 1. The highest BCUT2D eigenvalue weighted by Crippen LogP contribution is 2.51. The first kappa shape index (κ1) is 24.6. The summed E-state index contributed by atoms with van der Waals surface area (Å²) in [5.74, 6) is 0.804. The maximum absolute atomic E-state index is 14.0. The van der Waals surface area contributed by atoms with Gasteiger partial charge in [-0.15, -0.1) is 0 Å². The van der Waals surface area contributed by atoms with E-state index >= 15 is 0 Å². The number of fused-ring (bicyclic) bond motifs is 1. The lowest BCUT2D eigenvalue weighted by atomic mass is 9.94. The van der Waals surface area contributed by atoms with Crippen LogP contribution in [0.4, 0.5) is 17.1 Å². The van der Waals surface area contributed by atoms with Crippen LogP contribution < -0.4 is 15.0 Å². The van der Waals surface area contributed by atoms with E-state index in [9.17, 15) is 10.1 Å². The molecular weight excluding hydrogens is 490 g/mol. The Morgan fingerprint density at radius 2 is 1.97 bits per heavy atom. The number of aliphatic imine (C=N–C) groups is 1. The lowest BCUT2D eigenvalue weighted by molar-refractivity contribution is -0.124. The molecule has 0 radical (unpaired) electrons. The van der Waals surface area contributed by atoms with Gasteiger partial charge in [-0.2, -0.15) is 5.26 Å². The van der Waals surface area contributed by atoms with E-state index in [1.807, 2.05) is 43.1 Å². The van der Waals surface area contributed by atoms with Crippen LogP contribution in [0.1, 0.15) is 44.6 Å². The fourth-order valence-electron chi connectivity index (χ4n) is 4.84. The van der Waals surface area contributed by atoms with Crippen molar-refractivity contribution in [2.24, 2.45) is 4.99 Å². The number of nitrogens with zero attached hydrogens (tertiary/aromatic N) is 4. The zero-order chi connectivity index (χ0) is 25.2. The largest absolute Gasteiger partial charge is 0.497 e. The Kier molecular flexibility index (Phi) is 7.17. The molecule has 1 aliphatic carbocycles. The van der Waals surface area contributed by atoms with Gasteiger partial charge in [0.15, 0.2) is 5.17 Å². The second kappa shape index (κ2) is 10.5. The number of carbonyl (C=O) groups is 1. The maximum atomic E-state index is 14.0. The summed E-state index contributed by atoms with van der Waals surface area (Å²) in [6.07, 6.45) is 5.39. The molecule has 2 aliphatic heterocycles. The number of nitriles is 1. The van der Waals surface area contributed by atoms with Crippen LogP contribution in [0.15, 0.2) is 56.2 Å². The van der Waals surface area contributed by atoms with Crippen molar-refractivity contribution in [2.75, 3.05) is 30.9 Å². The lowest BCUT2D eigenvalue weighted by Crippen LogP contribution is -2.40. The van der Waals surface area contributed by atoms with Crippen LogP contribution in [-0.4, -0.2) is 42.7 Å². The molecule has 1 amide bonds. The van der Waals surface area contributed by atoms with Crippen LogP contribution in [0.2, 0.25) is 0 Å². The average Bonchev–Trinajstić information content (AvgIpc) is 3.40. The van der Waals surface area contributed by atoms with Gasteiger partial charge in [-0.05, 0) is 61.9 Å². The SMILES string of the molecule is CCNc1ccc(C#N)cc1N=C1SC(=C2Sc3ccc(OC)cc3N2C)C(=O)N1C1CCCCC1. The first-order valence-electron chi connectivity index (χ1n) is 12.3. The molecule has 2 aromatic rings. The molecule has 0 aromatic heterocycles. The number of ether oxygens (including phenoxy) is 1. The van der Waals surface area contributed by atoms with Gasteiger partial charge < -0.3 is 15.0 Å². The van der Waals surface area contributed by atoms with Crippen molar-refractivity contribution in [3.8, 4) is 11.8 Å². The summed E-state index contributed by atoms with van der Waals surface area (Å²) in [7, 11) is 3.65. The van der Waals surface area contributed by atoms with Gasteiger partial charge in [-0.1, -0.05) is 31.0 Å². The van der Waals surface area contributed by atoms with E-state index in [2.05, 4.69) is 16.3 Å². The number of hydrogen-bond acceptors (Lipinski definition) is 8. The van der Waals surface area contributed by atoms with Gasteiger partial charge in [0.05, 0.1) is 40.8 Å². The Balaban J connectivity index is 1.58. The number of carbonyl (C=O) groups excluding carboxylic acids is 1. The molecule has 9 heteroatoms. The molecule has 186 valence electrons. The average molecular weight is 520 g/mol. The first-order chi connectivity index (χ1) is 17.5. The first-order valence-corrected chi connectivity index (χ1v) is 13.9. The predicted octanol–water partition coefficient (Wildman–Crippen LogP) is 6.31. The number of nitrogens with one attached hydrogen (secondary N) is 1. The smallest absolute Gasteiger partial charge is 0.269 e. The Morgan fingerprint density at radius 3 is 2.69 bits per heavy atom. The highest BCUT2D eigenvalue weighted by molar-refractivity contribution is 8.19. The molecule has 0 unspecified atom stereocenters. The number of anilines is 2. The summed E-state index contributed by atoms with van der Waals surface area (Å²) < 4.78 is 5.42. The number of thioether (sulfide) groups is 2. The van der Waals surface area contributed by atoms with Crippen molar-refractivity contribution in [1.82, 2.24) is 4.90 Å². The molecule has 0 bridgehead atoms. The fourth-order valence-corrected chi connectivity index (χ4v) is 7.22. The third kappa shape index (κ3) is 4.56. The van der Waals surface area contributed by atoms with E-state index in [1.54, 1.807) is 31.0 Å². The van der Waals surface area contributed by atoms with Crippen molar-refractivity contribution >= 4 is 51.7 Å². The summed E-state index contributed by atoms with van der Waals surface area (Å²) in [4.78, 5) is 24.8. The number of amides is 1. The van der Waals surface area contributed by atoms with Crippen molar-refractivity contribution in [1.29, 1.82) is 5.26 Å². The summed E-state index contributed by atoms with van der Waals surface area (Å²) in [5.41, 5.74) is 3.11. The summed E-state index contributed by atoms with van der Waals surface area (Å²) in [6.45, 7) is 2.76. The maximum Gasteiger partial charge on any atom is 0.269 e. The van der Waals surface area contributed by atoms with E-state index in [4.69, 9.17) is 9.73 Å². The van der Waals surface area contributed by atoms with E-state index in [-0.39, 0.29) is 11.9 Å². The molecule has 1 saturated heterocycles. The molecule has 0 spiro atoms. The van der Waals surface area contributed by atoms with Gasteiger partial charge in [0.1, 0.15) is 10.7 Å². The minimum absolute atomic E-state index is 0.0150.